The van der Waals surface area contributed by atoms with Crippen molar-refractivity contribution in [3.63, 3.8) is 0 Å². The fraction of sp³-hybridized carbons (Fsp3) is 0.538. The molecule has 0 aliphatic carbocycles. The largest absolute Gasteiger partial charge is 0.393 e. The molecular weight excluding hydrogens is 297 g/mol. The number of rotatable bonds is 3. The van der Waals surface area contributed by atoms with E-state index >= 15 is 0 Å². The Morgan fingerprint density at radius 2 is 2.27 bits per heavy atom. The number of nitrogen functional groups attached to an aromatic ring is 1. The number of aliphatic hydroxyl groups excluding tert-OH is 3. The van der Waals surface area contributed by atoms with E-state index in [-0.39, 0.29) is 11.4 Å². The number of aliphatic hydroxyl groups is 3. The minimum Gasteiger partial charge on any atom is -0.393 e. The zero-order chi connectivity index (χ0) is 16.5. The minimum atomic E-state index is -2.00. The third kappa shape index (κ3) is 2.46. The van der Waals surface area contributed by atoms with Crippen LogP contribution in [0.3, 0.4) is 0 Å². The summed E-state index contributed by atoms with van der Waals surface area (Å²) < 4.78 is 19.2. The van der Waals surface area contributed by atoms with E-state index in [0.717, 1.165) is 4.57 Å². The second-order valence-corrected chi connectivity index (χ2v) is 4.91. The van der Waals surface area contributed by atoms with Gasteiger partial charge in [-0.1, -0.05) is 5.92 Å². The summed E-state index contributed by atoms with van der Waals surface area (Å²) in [6, 6.07) is 0. The highest BCUT2D eigenvalue weighted by Crippen LogP contribution is 2.36. The van der Waals surface area contributed by atoms with E-state index in [4.69, 9.17) is 10.5 Å². The van der Waals surface area contributed by atoms with Crippen molar-refractivity contribution in [3.05, 3.63) is 22.2 Å². The number of nitrogens with zero attached hydrogens (tertiary/aromatic N) is 2. The molecule has 0 amide bonds. The number of hydrogen-bond donors (Lipinski definition) is 4. The van der Waals surface area contributed by atoms with Crippen LogP contribution in [0.5, 0.6) is 0 Å². The predicted molar refractivity (Wildman–Crippen MR) is 73.4 cm³/mol. The van der Waals surface area contributed by atoms with Gasteiger partial charge >= 0.3 is 5.69 Å². The molecule has 0 unspecified atom stereocenters. The Labute approximate surface area is 125 Å². The summed E-state index contributed by atoms with van der Waals surface area (Å²) in [7, 11) is 0. The molecule has 120 valence electrons. The van der Waals surface area contributed by atoms with Crippen LogP contribution in [0, 0.1) is 11.8 Å². The summed E-state index contributed by atoms with van der Waals surface area (Å²) in [5, 5.41) is 29.2. The summed E-state index contributed by atoms with van der Waals surface area (Å²) in [6.07, 6.45) is -3.56. The third-order valence-electron chi connectivity index (χ3n) is 3.52. The number of alkyl halides is 1. The number of hydrogen-bond acceptors (Lipinski definition) is 7. The smallest absolute Gasteiger partial charge is 0.351 e. The second kappa shape index (κ2) is 6.02. The van der Waals surface area contributed by atoms with Gasteiger partial charge in [0.25, 0.3) is 0 Å². The van der Waals surface area contributed by atoms with Gasteiger partial charge in [0.15, 0.2) is 11.8 Å². The lowest BCUT2D eigenvalue weighted by Crippen LogP contribution is -2.48. The van der Waals surface area contributed by atoms with Crippen molar-refractivity contribution >= 4 is 5.82 Å². The zero-order valence-corrected chi connectivity index (χ0v) is 11.7. The fourth-order valence-corrected chi connectivity index (χ4v) is 2.25. The molecule has 1 aliphatic heterocycles. The van der Waals surface area contributed by atoms with Crippen molar-refractivity contribution in [1.29, 1.82) is 0 Å². The van der Waals surface area contributed by atoms with Crippen LogP contribution in [0.25, 0.3) is 0 Å². The first kappa shape index (κ1) is 16.4. The Hall–Kier alpha value is -1.99. The van der Waals surface area contributed by atoms with E-state index in [1.54, 1.807) is 6.92 Å². The van der Waals surface area contributed by atoms with Gasteiger partial charge in [-0.3, -0.25) is 4.57 Å². The van der Waals surface area contributed by atoms with Crippen LogP contribution in [-0.2, 0) is 4.74 Å². The second-order valence-electron chi connectivity index (χ2n) is 4.91. The first-order chi connectivity index (χ1) is 10.4. The molecule has 9 heteroatoms. The van der Waals surface area contributed by atoms with E-state index in [1.165, 1.54) is 6.20 Å². The van der Waals surface area contributed by atoms with E-state index in [9.17, 15) is 24.5 Å². The first-order valence-corrected chi connectivity index (χ1v) is 6.42. The zero-order valence-electron chi connectivity index (χ0n) is 11.7. The van der Waals surface area contributed by atoms with Gasteiger partial charge < -0.3 is 25.8 Å². The van der Waals surface area contributed by atoms with Crippen molar-refractivity contribution in [2.24, 2.45) is 0 Å². The number of anilines is 1. The lowest BCUT2D eigenvalue weighted by atomic mass is 9.98. The van der Waals surface area contributed by atoms with Crippen molar-refractivity contribution in [2.75, 3.05) is 19.0 Å². The van der Waals surface area contributed by atoms with Gasteiger partial charge in [0.2, 0.25) is 0 Å². The van der Waals surface area contributed by atoms with Crippen LogP contribution in [0.4, 0.5) is 10.2 Å². The van der Waals surface area contributed by atoms with E-state index in [0.29, 0.717) is 0 Å². The Morgan fingerprint density at radius 3 is 2.77 bits per heavy atom. The SMILES string of the molecule is CC#Cc1cn([C@@H]2O[C@@](CO)(CF)[C@@H](O)[C@@H]2O)c(=O)nc1N. The Balaban J connectivity index is 2.50. The summed E-state index contributed by atoms with van der Waals surface area (Å²) in [6.45, 7) is -0.548. The van der Waals surface area contributed by atoms with Gasteiger partial charge in [0, 0.05) is 6.20 Å². The minimum absolute atomic E-state index is 0.0949. The lowest BCUT2D eigenvalue weighted by Gasteiger charge is -2.26. The van der Waals surface area contributed by atoms with Gasteiger partial charge in [0.05, 0.1) is 12.2 Å². The first-order valence-electron chi connectivity index (χ1n) is 6.42. The molecule has 0 radical (unpaired) electrons. The van der Waals surface area contributed by atoms with Crippen LogP contribution in [0.15, 0.2) is 11.0 Å². The van der Waals surface area contributed by atoms with Gasteiger partial charge in [-0.15, -0.1) is 5.92 Å². The van der Waals surface area contributed by atoms with Gasteiger partial charge in [0.1, 0.15) is 24.7 Å². The highest BCUT2D eigenvalue weighted by atomic mass is 19.1. The number of halogens is 1. The topological polar surface area (TPSA) is 131 Å². The normalized spacial score (nSPS) is 30.9. The lowest BCUT2D eigenvalue weighted by molar-refractivity contribution is -0.138. The molecule has 22 heavy (non-hydrogen) atoms. The van der Waals surface area contributed by atoms with E-state index < -0.39 is 43.0 Å². The number of nitrogens with two attached hydrogens (primary N) is 1. The number of aromatic nitrogens is 2. The molecule has 0 aromatic carbocycles. The van der Waals surface area contributed by atoms with Gasteiger partial charge in [-0.25, -0.2) is 9.18 Å². The molecule has 5 N–H and O–H groups in total. The molecule has 1 saturated heterocycles. The third-order valence-corrected chi connectivity index (χ3v) is 3.52. The van der Waals surface area contributed by atoms with Crippen molar-refractivity contribution < 1.29 is 24.4 Å². The van der Waals surface area contributed by atoms with E-state index in [1.807, 2.05) is 0 Å². The fourth-order valence-electron chi connectivity index (χ4n) is 2.25. The Kier molecular flexibility index (Phi) is 4.48. The molecule has 1 aliphatic rings. The maximum atomic E-state index is 13.1. The number of ether oxygens (including phenoxy) is 1. The van der Waals surface area contributed by atoms with Crippen LogP contribution < -0.4 is 11.4 Å². The molecule has 8 nitrogen and oxygen atoms in total. The molecular formula is C13H16FN3O5. The van der Waals surface area contributed by atoms with Crippen molar-refractivity contribution in [3.8, 4) is 11.8 Å². The average molecular weight is 313 g/mol. The van der Waals surface area contributed by atoms with Crippen molar-refractivity contribution in [1.82, 2.24) is 9.55 Å². The van der Waals surface area contributed by atoms with Crippen LogP contribution in [0.1, 0.15) is 18.7 Å². The van der Waals surface area contributed by atoms with Crippen LogP contribution in [-0.4, -0.2) is 56.0 Å². The van der Waals surface area contributed by atoms with E-state index in [2.05, 4.69) is 16.8 Å². The predicted octanol–water partition coefficient (Wildman–Crippen LogP) is -1.85. The van der Waals surface area contributed by atoms with Crippen LogP contribution >= 0.6 is 0 Å². The van der Waals surface area contributed by atoms with Crippen LogP contribution in [0.2, 0.25) is 0 Å². The molecule has 2 rings (SSSR count). The highest BCUT2D eigenvalue weighted by Gasteiger charge is 2.55. The molecule has 1 aromatic rings. The van der Waals surface area contributed by atoms with Crippen molar-refractivity contribution in [2.45, 2.75) is 31.0 Å². The molecule has 4 atom stereocenters. The Morgan fingerprint density at radius 1 is 1.59 bits per heavy atom. The molecule has 0 spiro atoms. The molecule has 1 aromatic heterocycles. The molecule has 0 saturated carbocycles. The quantitative estimate of drug-likeness (QED) is 0.482. The summed E-state index contributed by atoms with van der Waals surface area (Å²) >= 11 is 0. The Bertz CT molecular complexity index is 676. The molecule has 0 bridgehead atoms. The summed E-state index contributed by atoms with van der Waals surface area (Å²) in [5.74, 6) is 5.11. The maximum absolute atomic E-state index is 13.1. The van der Waals surface area contributed by atoms with Gasteiger partial charge in [-0.05, 0) is 6.92 Å². The standard InChI is InChI=1S/C13H16FN3O5/c1-2-3-7-4-17(12(21)16-10(7)15)11-8(19)9(20)13(5-14,6-18)22-11/h4,8-9,11,18-20H,5-6H2,1H3,(H2,15,16,21)/t8-,9-,11+,13+/m0/s1. The van der Waals surface area contributed by atoms with Gasteiger partial charge in [-0.2, -0.15) is 4.98 Å². The maximum Gasteiger partial charge on any atom is 0.351 e. The molecule has 2 heterocycles. The summed E-state index contributed by atoms with van der Waals surface area (Å²) in [5.41, 5.74) is 2.92. The highest BCUT2D eigenvalue weighted by molar-refractivity contribution is 5.48. The monoisotopic (exact) mass is 313 g/mol. The average Bonchev–Trinajstić information content (AvgIpc) is 2.75. The molecule has 1 fully saturated rings. The summed E-state index contributed by atoms with van der Waals surface area (Å²) in [4.78, 5) is 15.5.